The zero-order valence-corrected chi connectivity index (χ0v) is 17.1. The van der Waals surface area contributed by atoms with Gasteiger partial charge in [-0.2, -0.15) is 0 Å². The molecule has 0 atom stereocenters. The third-order valence-electron chi connectivity index (χ3n) is 6.50. The molecule has 0 unspecified atom stereocenters. The number of carbonyl (C=O) groups excluding carboxylic acids is 2. The molecule has 4 rings (SSSR count). The van der Waals surface area contributed by atoms with Gasteiger partial charge in [0.2, 0.25) is 0 Å². The van der Waals surface area contributed by atoms with Crippen LogP contribution in [0.3, 0.4) is 0 Å². The molecule has 2 aliphatic heterocycles. The lowest BCUT2D eigenvalue weighted by atomic mass is 10.1. The molecular weight excluding hydrogens is 354 g/mol. The van der Waals surface area contributed by atoms with Crippen LogP contribution in [0.5, 0.6) is 0 Å². The van der Waals surface area contributed by atoms with Crippen molar-refractivity contribution in [1.82, 2.24) is 24.7 Å². The molecule has 1 aromatic rings. The van der Waals surface area contributed by atoms with Crippen molar-refractivity contribution in [3.05, 3.63) is 17.2 Å². The van der Waals surface area contributed by atoms with Crippen LogP contribution in [0, 0.1) is 0 Å². The number of hydrogen-bond donors (Lipinski definition) is 1. The second-order valence-corrected chi connectivity index (χ2v) is 8.60. The summed E-state index contributed by atoms with van der Waals surface area (Å²) in [6, 6.07) is 0.239. The van der Waals surface area contributed by atoms with Gasteiger partial charge in [-0.05, 0) is 39.2 Å². The smallest absolute Gasteiger partial charge is 0.287 e. The first-order valence-corrected chi connectivity index (χ1v) is 11.0. The van der Waals surface area contributed by atoms with Crippen molar-refractivity contribution in [3.63, 3.8) is 0 Å². The second kappa shape index (κ2) is 8.64. The number of fused-ring (bicyclic) bond motifs is 1. The molecule has 0 aromatic carbocycles. The quantitative estimate of drug-likeness (QED) is 0.806. The number of carbonyl (C=O) groups is 2. The summed E-state index contributed by atoms with van der Waals surface area (Å²) in [5.41, 5.74) is 1.47. The molecule has 28 heavy (non-hydrogen) atoms. The predicted octanol–water partition coefficient (Wildman–Crippen LogP) is 2.06. The highest BCUT2D eigenvalue weighted by molar-refractivity contribution is 5.97. The van der Waals surface area contributed by atoms with Gasteiger partial charge >= 0.3 is 0 Å². The first kappa shape index (κ1) is 19.4. The Bertz CT molecular complexity index is 713. The van der Waals surface area contributed by atoms with E-state index in [0.29, 0.717) is 11.5 Å². The van der Waals surface area contributed by atoms with Crippen molar-refractivity contribution in [2.24, 2.45) is 0 Å². The van der Waals surface area contributed by atoms with Crippen molar-refractivity contribution in [1.29, 1.82) is 0 Å². The largest absolute Gasteiger partial charge is 0.347 e. The molecule has 7 nitrogen and oxygen atoms in total. The van der Waals surface area contributed by atoms with Crippen molar-refractivity contribution in [2.45, 2.75) is 70.4 Å². The highest BCUT2D eigenvalue weighted by Crippen LogP contribution is 2.24. The first-order valence-electron chi connectivity index (χ1n) is 11.0. The predicted molar refractivity (Wildman–Crippen MR) is 108 cm³/mol. The highest BCUT2D eigenvalue weighted by atomic mass is 16.2. The fourth-order valence-corrected chi connectivity index (χ4v) is 4.72. The molecule has 0 bridgehead atoms. The molecule has 1 N–H and O–H groups in total. The number of hydrogen-bond acceptors (Lipinski definition) is 4. The maximum atomic E-state index is 13.1. The minimum atomic E-state index is -0.104. The summed E-state index contributed by atoms with van der Waals surface area (Å²) in [6.45, 7) is 4.01. The summed E-state index contributed by atoms with van der Waals surface area (Å²) in [5, 5.41) is 3.21. The molecule has 3 heterocycles. The Hall–Kier alpha value is -1.89. The van der Waals surface area contributed by atoms with E-state index in [1.54, 1.807) is 0 Å². The van der Waals surface area contributed by atoms with E-state index in [-0.39, 0.29) is 17.9 Å². The summed E-state index contributed by atoms with van der Waals surface area (Å²) in [4.78, 5) is 34.9. The minimum Gasteiger partial charge on any atom is -0.347 e. The van der Waals surface area contributed by atoms with E-state index >= 15 is 0 Å². The molecule has 0 spiro atoms. The van der Waals surface area contributed by atoms with Crippen molar-refractivity contribution in [3.8, 4) is 0 Å². The van der Waals surface area contributed by atoms with Crippen LogP contribution >= 0.6 is 0 Å². The lowest BCUT2D eigenvalue weighted by molar-refractivity contribution is 0.0657. The Balaban J connectivity index is 1.54. The normalized spacial score (nSPS) is 21.8. The molecule has 1 aromatic heterocycles. The Morgan fingerprint density at radius 1 is 0.929 bits per heavy atom. The molecule has 2 fully saturated rings. The third-order valence-corrected chi connectivity index (χ3v) is 6.50. The molecule has 1 saturated carbocycles. The first-order chi connectivity index (χ1) is 13.6. The van der Waals surface area contributed by atoms with Gasteiger partial charge in [0.25, 0.3) is 11.8 Å². The number of piperazine rings is 1. The maximum absolute atomic E-state index is 13.1. The molecular formula is C21H33N5O2. The van der Waals surface area contributed by atoms with E-state index in [4.69, 9.17) is 0 Å². The van der Waals surface area contributed by atoms with Crippen LogP contribution in [0.1, 0.15) is 78.2 Å². The second-order valence-electron chi connectivity index (χ2n) is 8.60. The third kappa shape index (κ3) is 4.09. The lowest BCUT2D eigenvalue weighted by Crippen LogP contribution is -2.47. The molecule has 3 aliphatic rings. The molecule has 7 heteroatoms. The van der Waals surface area contributed by atoms with Crippen LogP contribution in [-0.4, -0.2) is 70.4 Å². The lowest BCUT2D eigenvalue weighted by Gasteiger charge is -2.32. The summed E-state index contributed by atoms with van der Waals surface area (Å²) >= 11 is 0. The van der Waals surface area contributed by atoms with Crippen molar-refractivity contribution >= 4 is 11.8 Å². The monoisotopic (exact) mass is 387 g/mol. The van der Waals surface area contributed by atoms with E-state index in [1.807, 2.05) is 9.47 Å². The van der Waals surface area contributed by atoms with Gasteiger partial charge in [0, 0.05) is 38.8 Å². The van der Waals surface area contributed by atoms with Crippen LogP contribution in [0.15, 0.2) is 0 Å². The summed E-state index contributed by atoms with van der Waals surface area (Å²) < 4.78 is 2.01. The maximum Gasteiger partial charge on any atom is 0.287 e. The SMILES string of the molecule is CN1CCN(C(=O)c2nc(C(=O)NC3CCCCCC3)n3c2CCCC3)CC1. The van der Waals surface area contributed by atoms with Crippen molar-refractivity contribution in [2.75, 3.05) is 33.2 Å². The molecule has 154 valence electrons. The molecule has 1 aliphatic carbocycles. The van der Waals surface area contributed by atoms with Crippen LogP contribution < -0.4 is 5.32 Å². The Morgan fingerprint density at radius 3 is 2.36 bits per heavy atom. The van der Waals surface area contributed by atoms with E-state index < -0.39 is 0 Å². The minimum absolute atomic E-state index is 0.00716. The van der Waals surface area contributed by atoms with Gasteiger partial charge in [0.05, 0.1) is 5.69 Å². The number of likely N-dealkylation sites (N-methyl/N-ethyl adjacent to an activating group) is 1. The van der Waals surface area contributed by atoms with E-state index in [0.717, 1.165) is 70.5 Å². The van der Waals surface area contributed by atoms with Crippen LogP contribution in [-0.2, 0) is 13.0 Å². The molecule has 2 amide bonds. The van der Waals surface area contributed by atoms with Crippen LogP contribution in [0.4, 0.5) is 0 Å². The van der Waals surface area contributed by atoms with Gasteiger partial charge in [0.1, 0.15) is 5.69 Å². The Morgan fingerprint density at radius 2 is 1.64 bits per heavy atom. The van der Waals surface area contributed by atoms with Gasteiger partial charge in [-0.25, -0.2) is 4.98 Å². The topological polar surface area (TPSA) is 70.5 Å². The van der Waals surface area contributed by atoms with Gasteiger partial charge in [-0.1, -0.05) is 25.7 Å². The van der Waals surface area contributed by atoms with E-state index in [1.165, 1.54) is 25.7 Å². The van der Waals surface area contributed by atoms with Crippen LogP contribution in [0.25, 0.3) is 0 Å². The Labute approximate surface area is 167 Å². The standard InChI is InChI=1S/C21H33N5O2/c1-24-12-14-25(15-13-24)21(28)18-17-10-6-7-11-26(17)19(23-18)20(27)22-16-8-4-2-3-5-9-16/h16H,2-15H2,1H3,(H,22,27). The zero-order valence-electron chi connectivity index (χ0n) is 17.1. The van der Waals surface area contributed by atoms with Crippen molar-refractivity contribution < 1.29 is 9.59 Å². The average molecular weight is 388 g/mol. The zero-order chi connectivity index (χ0) is 19.5. The van der Waals surface area contributed by atoms with Gasteiger partial charge in [0.15, 0.2) is 5.82 Å². The number of imidazole rings is 1. The van der Waals surface area contributed by atoms with E-state index in [2.05, 4.69) is 22.2 Å². The average Bonchev–Trinajstić information content (AvgIpc) is 2.91. The number of nitrogens with zero attached hydrogens (tertiary/aromatic N) is 4. The highest BCUT2D eigenvalue weighted by Gasteiger charge is 2.31. The number of aromatic nitrogens is 2. The molecule has 0 radical (unpaired) electrons. The summed E-state index contributed by atoms with van der Waals surface area (Å²) in [6.07, 6.45) is 9.89. The fraction of sp³-hybridized carbons (Fsp3) is 0.762. The number of rotatable bonds is 3. The van der Waals surface area contributed by atoms with Gasteiger partial charge < -0.3 is 19.7 Å². The summed E-state index contributed by atoms with van der Waals surface area (Å²) in [5.74, 6) is 0.330. The molecule has 1 saturated heterocycles. The fourth-order valence-electron chi connectivity index (χ4n) is 4.72. The number of amides is 2. The summed E-state index contributed by atoms with van der Waals surface area (Å²) in [7, 11) is 2.08. The van der Waals surface area contributed by atoms with E-state index in [9.17, 15) is 9.59 Å². The van der Waals surface area contributed by atoms with Crippen LogP contribution in [0.2, 0.25) is 0 Å². The Kier molecular flexibility index (Phi) is 5.99. The van der Waals surface area contributed by atoms with Gasteiger partial charge in [-0.3, -0.25) is 9.59 Å². The van der Waals surface area contributed by atoms with Gasteiger partial charge in [-0.15, -0.1) is 0 Å². The number of nitrogens with one attached hydrogen (secondary N) is 1.